The molecule has 0 N–H and O–H groups in total. The maximum Gasteiger partial charge on any atom is 0.270 e. The topological polar surface area (TPSA) is 56.0 Å². The van der Waals surface area contributed by atoms with Gasteiger partial charge in [0.2, 0.25) is 0 Å². The molecule has 0 unspecified atom stereocenters. The summed E-state index contributed by atoms with van der Waals surface area (Å²) in [6, 6.07) is 6.36. The van der Waals surface area contributed by atoms with Gasteiger partial charge in [-0.2, -0.15) is 0 Å². The first kappa shape index (κ1) is 10.5. The Morgan fingerprint density at radius 3 is 2.67 bits per heavy atom. The number of hydrogen-bond donors (Lipinski definition) is 0. The van der Waals surface area contributed by atoms with Gasteiger partial charge in [0.05, 0.1) is 14.9 Å². The van der Waals surface area contributed by atoms with Crippen LogP contribution in [0.3, 0.4) is 0 Å². The van der Waals surface area contributed by atoms with Crippen molar-refractivity contribution in [2.24, 2.45) is 0 Å². The van der Waals surface area contributed by atoms with Crippen molar-refractivity contribution in [2.45, 2.75) is 0 Å². The van der Waals surface area contributed by atoms with E-state index in [1.54, 1.807) is 12.1 Å². The number of hydrogen-bond acceptors (Lipinski definition) is 3. The van der Waals surface area contributed by atoms with Crippen LogP contribution in [0.1, 0.15) is 0 Å². The minimum absolute atomic E-state index is 0.0681. The largest absolute Gasteiger partial charge is 0.270 e. The lowest BCUT2D eigenvalue weighted by Gasteiger charge is -2.00. The number of nitro benzene ring substituents is 1. The van der Waals surface area contributed by atoms with Crippen molar-refractivity contribution < 1.29 is 4.92 Å². The van der Waals surface area contributed by atoms with Crippen molar-refractivity contribution in [2.75, 3.05) is 0 Å². The van der Waals surface area contributed by atoms with Gasteiger partial charge in [0.1, 0.15) is 4.60 Å². The molecule has 76 valence electrons. The quantitative estimate of drug-likeness (QED) is 0.455. The van der Waals surface area contributed by atoms with Gasteiger partial charge in [-0.15, -0.1) is 0 Å². The summed E-state index contributed by atoms with van der Waals surface area (Å²) < 4.78 is 1.46. The van der Waals surface area contributed by atoms with Crippen molar-refractivity contribution in [3.63, 3.8) is 0 Å². The van der Waals surface area contributed by atoms with Crippen LogP contribution in [-0.2, 0) is 0 Å². The maximum atomic E-state index is 10.6. The zero-order chi connectivity index (χ0) is 11.0. The first-order valence-corrected chi connectivity index (χ1v) is 5.57. The third-order valence-corrected chi connectivity index (χ3v) is 3.66. The van der Waals surface area contributed by atoms with E-state index < -0.39 is 4.92 Å². The Hall–Kier alpha value is -1.01. The molecule has 0 fully saturated rings. The average molecular weight is 332 g/mol. The molecule has 0 aliphatic carbocycles. The van der Waals surface area contributed by atoms with E-state index in [0.717, 1.165) is 15.4 Å². The molecule has 0 aliphatic rings. The van der Waals surface area contributed by atoms with Crippen LogP contribution in [0.15, 0.2) is 33.3 Å². The van der Waals surface area contributed by atoms with Gasteiger partial charge >= 0.3 is 0 Å². The summed E-state index contributed by atoms with van der Waals surface area (Å²) in [4.78, 5) is 14.4. The maximum absolute atomic E-state index is 10.6. The highest BCUT2D eigenvalue weighted by atomic mass is 79.9. The van der Waals surface area contributed by atoms with Crippen LogP contribution >= 0.6 is 31.9 Å². The number of halogens is 2. The third-order valence-electron chi connectivity index (χ3n) is 1.92. The van der Waals surface area contributed by atoms with Crippen molar-refractivity contribution in [3.05, 3.63) is 43.5 Å². The molecule has 0 radical (unpaired) electrons. The van der Waals surface area contributed by atoms with Gasteiger partial charge in [-0.3, -0.25) is 10.1 Å². The average Bonchev–Trinajstić information content (AvgIpc) is 2.19. The number of fused-ring (bicyclic) bond motifs is 1. The number of pyridine rings is 1. The monoisotopic (exact) mass is 330 g/mol. The highest BCUT2D eigenvalue weighted by molar-refractivity contribution is 9.13. The van der Waals surface area contributed by atoms with Gasteiger partial charge in [0.25, 0.3) is 5.69 Å². The minimum Gasteiger partial charge on any atom is -0.258 e. The normalized spacial score (nSPS) is 10.5. The van der Waals surface area contributed by atoms with E-state index in [9.17, 15) is 10.1 Å². The van der Waals surface area contributed by atoms with Crippen LogP contribution < -0.4 is 0 Å². The zero-order valence-corrected chi connectivity index (χ0v) is 10.4. The van der Waals surface area contributed by atoms with E-state index >= 15 is 0 Å². The summed E-state index contributed by atoms with van der Waals surface area (Å²) in [7, 11) is 0. The predicted octanol–water partition coefficient (Wildman–Crippen LogP) is 3.67. The predicted molar refractivity (Wildman–Crippen MR) is 63.8 cm³/mol. The Morgan fingerprint density at radius 2 is 2.00 bits per heavy atom. The molecule has 1 aromatic carbocycles. The first-order valence-electron chi connectivity index (χ1n) is 3.98. The number of benzene rings is 1. The zero-order valence-electron chi connectivity index (χ0n) is 7.28. The molecule has 0 bridgehead atoms. The molecule has 4 nitrogen and oxygen atoms in total. The summed E-state index contributed by atoms with van der Waals surface area (Å²) in [6.45, 7) is 0. The second kappa shape index (κ2) is 3.86. The van der Waals surface area contributed by atoms with Crippen molar-refractivity contribution in [3.8, 4) is 0 Å². The molecular formula is C9H4Br2N2O2. The van der Waals surface area contributed by atoms with E-state index in [4.69, 9.17) is 0 Å². The Bertz CT molecular complexity index is 557. The number of nitrogens with zero attached hydrogens (tertiary/aromatic N) is 2. The second-order valence-corrected chi connectivity index (χ2v) is 4.50. The fourth-order valence-electron chi connectivity index (χ4n) is 1.23. The molecule has 6 heteroatoms. The second-order valence-electron chi connectivity index (χ2n) is 2.90. The number of non-ortho nitro benzene ring substituents is 1. The Balaban J connectivity index is 2.72. The van der Waals surface area contributed by atoms with E-state index in [0.29, 0.717) is 4.60 Å². The van der Waals surface area contributed by atoms with E-state index in [2.05, 4.69) is 36.8 Å². The SMILES string of the molecule is O=[N+]([O-])c1ccc2nc(Br)c(Br)cc2c1. The van der Waals surface area contributed by atoms with Gasteiger partial charge in [-0.1, -0.05) is 0 Å². The number of nitro groups is 1. The summed E-state index contributed by atoms with van der Waals surface area (Å²) in [5, 5.41) is 11.3. The molecule has 0 saturated heterocycles. The van der Waals surface area contributed by atoms with Gasteiger partial charge in [0.15, 0.2) is 0 Å². The smallest absolute Gasteiger partial charge is 0.258 e. The molecule has 15 heavy (non-hydrogen) atoms. The van der Waals surface area contributed by atoms with Gasteiger partial charge in [0, 0.05) is 17.5 Å². The lowest BCUT2D eigenvalue weighted by Crippen LogP contribution is -1.88. The van der Waals surface area contributed by atoms with Crippen molar-refractivity contribution >= 4 is 48.5 Å². The molecule has 0 atom stereocenters. The van der Waals surface area contributed by atoms with Crippen LogP contribution in [0.2, 0.25) is 0 Å². The number of rotatable bonds is 1. The molecule has 1 heterocycles. The lowest BCUT2D eigenvalue weighted by molar-refractivity contribution is -0.384. The van der Waals surface area contributed by atoms with Gasteiger partial charge in [-0.25, -0.2) is 4.98 Å². The van der Waals surface area contributed by atoms with E-state index in [-0.39, 0.29) is 5.69 Å². The Labute approximate surface area is 102 Å². The van der Waals surface area contributed by atoms with Gasteiger partial charge in [-0.05, 0) is 44.0 Å². The summed E-state index contributed by atoms with van der Waals surface area (Å²) >= 11 is 6.57. The number of aromatic nitrogens is 1. The van der Waals surface area contributed by atoms with Crippen LogP contribution in [0, 0.1) is 10.1 Å². The summed E-state index contributed by atoms with van der Waals surface area (Å²) in [6.07, 6.45) is 0. The van der Waals surface area contributed by atoms with Crippen molar-refractivity contribution in [1.82, 2.24) is 4.98 Å². The molecule has 1 aromatic heterocycles. The Morgan fingerprint density at radius 1 is 1.27 bits per heavy atom. The highest BCUT2D eigenvalue weighted by Gasteiger charge is 2.08. The fraction of sp³-hybridized carbons (Fsp3) is 0. The molecular weight excluding hydrogens is 328 g/mol. The summed E-state index contributed by atoms with van der Waals surface area (Å²) in [5.41, 5.74) is 0.786. The van der Waals surface area contributed by atoms with Crippen LogP contribution in [0.4, 0.5) is 5.69 Å². The van der Waals surface area contributed by atoms with Gasteiger partial charge < -0.3 is 0 Å². The minimum atomic E-state index is -0.421. The molecule has 0 aliphatic heterocycles. The van der Waals surface area contributed by atoms with Crippen LogP contribution in [-0.4, -0.2) is 9.91 Å². The third kappa shape index (κ3) is 2.00. The van der Waals surface area contributed by atoms with E-state index in [1.807, 2.05) is 0 Å². The summed E-state index contributed by atoms with van der Waals surface area (Å²) in [5.74, 6) is 0. The Kier molecular flexibility index (Phi) is 2.70. The lowest BCUT2D eigenvalue weighted by atomic mass is 10.2. The molecule has 0 saturated carbocycles. The molecule has 2 rings (SSSR count). The van der Waals surface area contributed by atoms with E-state index in [1.165, 1.54) is 12.1 Å². The standard InChI is InChI=1S/C9H4Br2N2O2/c10-7-4-5-3-6(13(14)15)1-2-8(5)12-9(7)11/h1-4H. The first-order chi connectivity index (χ1) is 7.08. The van der Waals surface area contributed by atoms with Crippen LogP contribution in [0.25, 0.3) is 10.9 Å². The molecule has 2 aromatic rings. The highest BCUT2D eigenvalue weighted by Crippen LogP contribution is 2.27. The molecule has 0 spiro atoms. The fourth-order valence-corrected chi connectivity index (χ4v) is 1.87. The van der Waals surface area contributed by atoms with Crippen molar-refractivity contribution in [1.29, 1.82) is 0 Å². The van der Waals surface area contributed by atoms with Crippen LogP contribution in [0.5, 0.6) is 0 Å². The molecule has 0 amide bonds.